The first-order chi connectivity index (χ1) is 7.53. The molecular weight excluding hydrogens is 196 g/mol. The van der Waals surface area contributed by atoms with Crippen LogP contribution in [-0.4, -0.2) is 5.60 Å². The van der Waals surface area contributed by atoms with E-state index in [1.807, 2.05) is 18.2 Å². The van der Waals surface area contributed by atoms with Gasteiger partial charge in [0, 0.05) is 5.56 Å². The van der Waals surface area contributed by atoms with Gasteiger partial charge in [-0.1, -0.05) is 18.2 Å². The van der Waals surface area contributed by atoms with Gasteiger partial charge in [0.15, 0.2) is 0 Å². The molecule has 0 N–H and O–H groups in total. The van der Waals surface area contributed by atoms with Gasteiger partial charge in [-0.3, -0.25) is 0 Å². The summed E-state index contributed by atoms with van der Waals surface area (Å²) in [5.74, 6) is 0.990. The second-order valence-corrected chi connectivity index (χ2v) is 4.82. The Hall–Kier alpha value is -1.50. The maximum atomic E-state index is 5.97. The fraction of sp³-hybridized carbons (Fsp3) is 0.333. The third-order valence-corrected chi connectivity index (χ3v) is 2.81. The molecule has 0 fully saturated rings. The normalized spacial score (nSPS) is 17.1. The molecule has 0 aliphatic carbocycles. The highest BCUT2D eigenvalue weighted by Gasteiger charge is 2.25. The van der Waals surface area contributed by atoms with Gasteiger partial charge in [0.1, 0.15) is 11.4 Å². The van der Waals surface area contributed by atoms with E-state index < -0.39 is 0 Å². The van der Waals surface area contributed by atoms with Crippen LogP contribution < -0.4 is 4.74 Å². The van der Waals surface area contributed by atoms with E-state index in [1.165, 1.54) is 16.7 Å². The van der Waals surface area contributed by atoms with E-state index in [2.05, 4.69) is 39.5 Å². The lowest BCUT2D eigenvalue weighted by Crippen LogP contribution is -2.29. The molecule has 0 spiro atoms. The standard InChI is InChI=1S/C15H18O/c1-5-7-12-8-6-9-13-14(12)11(2)10-15(3,4)16-13/h5-6,8-10H,1,7H2,2-4H3. The minimum Gasteiger partial charge on any atom is -0.483 e. The second kappa shape index (κ2) is 3.82. The number of ether oxygens (including phenoxy) is 1. The van der Waals surface area contributed by atoms with Gasteiger partial charge in [-0.15, -0.1) is 6.58 Å². The molecule has 1 aliphatic heterocycles. The molecule has 16 heavy (non-hydrogen) atoms. The van der Waals surface area contributed by atoms with Gasteiger partial charge < -0.3 is 4.74 Å². The van der Waals surface area contributed by atoms with E-state index in [1.54, 1.807) is 0 Å². The molecule has 1 heterocycles. The molecule has 1 heteroatoms. The summed E-state index contributed by atoms with van der Waals surface area (Å²) in [7, 11) is 0. The van der Waals surface area contributed by atoms with Crippen molar-refractivity contribution < 1.29 is 4.74 Å². The molecule has 0 saturated heterocycles. The summed E-state index contributed by atoms with van der Waals surface area (Å²) in [4.78, 5) is 0. The van der Waals surface area contributed by atoms with Gasteiger partial charge in [0.05, 0.1) is 0 Å². The highest BCUT2D eigenvalue weighted by molar-refractivity contribution is 5.74. The Morgan fingerprint density at radius 2 is 2.12 bits per heavy atom. The topological polar surface area (TPSA) is 9.23 Å². The van der Waals surface area contributed by atoms with Gasteiger partial charge in [-0.25, -0.2) is 0 Å². The van der Waals surface area contributed by atoms with Gasteiger partial charge in [-0.05, 0) is 50.5 Å². The van der Waals surface area contributed by atoms with Crippen molar-refractivity contribution in [2.75, 3.05) is 0 Å². The van der Waals surface area contributed by atoms with Crippen molar-refractivity contribution in [1.29, 1.82) is 0 Å². The molecule has 0 unspecified atom stereocenters. The molecule has 0 bridgehead atoms. The number of hydrogen-bond donors (Lipinski definition) is 0. The van der Waals surface area contributed by atoms with Crippen LogP contribution in [0.1, 0.15) is 31.9 Å². The zero-order chi connectivity index (χ0) is 11.8. The van der Waals surface area contributed by atoms with Crippen molar-refractivity contribution in [3.63, 3.8) is 0 Å². The number of fused-ring (bicyclic) bond motifs is 1. The molecule has 0 amide bonds. The number of benzene rings is 1. The Morgan fingerprint density at radius 1 is 1.38 bits per heavy atom. The third kappa shape index (κ3) is 1.90. The quantitative estimate of drug-likeness (QED) is 0.676. The molecule has 0 aromatic heterocycles. The average molecular weight is 214 g/mol. The maximum Gasteiger partial charge on any atom is 0.128 e. The second-order valence-electron chi connectivity index (χ2n) is 4.82. The Bertz CT molecular complexity index is 453. The number of allylic oxidation sites excluding steroid dienone is 2. The summed E-state index contributed by atoms with van der Waals surface area (Å²) < 4.78 is 5.97. The Balaban J connectivity index is 2.56. The molecular formula is C15H18O. The van der Waals surface area contributed by atoms with E-state index >= 15 is 0 Å². The summed E-state index contributed by atoms with van der Waals surface area (Å²) in [6.07, 6.45) is 5.00. The van der Waals surface area contributed by atoms with Crippen LogP contribution in [-0.2, 0) is 6.42 Å². The Morgan fingerprint density at radius 3 is 2.81 bits per heavy atom. The molecule has 2 rings (SSSR count). The van der Waals surface area contributed by atoms with Crippen LogP contribution >= 0.6 is 0 Å². The van der Waals surface area contributed by atoms with Crippen LogP contribution in [0.2, 0.25) is 0 Å². The van der Waals surface area contributed by atoms with E-state index in [9.17, 15) is 0 Å². The lowest BCUT2D eigenvalue weighted by molar-refractivity contribution is 0.158. The predicted octanol–water partition coefficient (Wildman–Crippen LogP) is 3.99. The van der Waals surface area contributed by atoms with Gasteiger partial charge in [0.2, 0.25) is 0 Å². The number of rotatable bonds is 2. The highest BCUT2D eigenvalue weighted by atomic mass is 16.5. The van der Waals surface area contributed by atoms with E-state index in [-0.39, 0.29) is 5.60 Å². The third-order valence-electron chi connectivity index (χ3n) is 2.81. The lowest BCUT2D eigenvalue weighted by atomic mass is 9.91. The molecule has 1 nitrogen and oxygen atoms in total. The largest absolute Gasteiger partial charge is 0.483 e. The van der Waals surface area contributed by atoms with Crippen LogP contribution in [0.5, 0.6) is 5.75 Å². The van der Waals surface area contributed by atoms with Crippen molar-refractivity contribution in [2.24, 2.45) is 0 Å². The molecule has 0 saturated carbocycles. The Labute approximate surface area is 97.4 Å². The van der Waals surface area contributed by atoms with Crippen LogP contribution in [0, 0.1) is 0 Å². The molecule has 1 aliphatic rings. The minimum absolute atomic E-state index is 0.204. The van der Waals surface area contributed by atoms with E-state index in [0.29, 0.717) is 0 Å². The Kier molecular flexibility index (Phi) is 2.63. The summed E-state index contributed by atoms with van der Waals surface area (Å²) >= 11 is 0. The van der Waals surface area contributed by atoms with Crippen molar-refractivity contribution in [3.8, 4) is 5.75 Å². The van der Waals surface area contributed by atoms with E-state index in [0.717, 1.165) is 12.2 Å². The van der Waals surface area contributed by atoms with Gasteiger partial charge >= 0.3 is 0 Å². The molecule has 1 aromatic rings. The molecule has 0 radical (unpaired) electrons. The van der Waals surface area contributed by atoms with Gasteiger partial charge in [-0.2, -0.15) is 0 Å². The fourth-order valence-corrected chi connectivity index (χ4v) is 2.34. The highest BCUT2D eigenvalue weighted by Crippen LogP contribution is 2.37. The van der Waals surface area contributed by atoms with E-state index in [4.69, 9.17) is 4.74 Å². The van der Waals surface area contributed by atoms with Crippen LogP contribution in [0.4, 0.5) is 0 Å². The first kappa shape index (κ1) is 11.0. The van der Waals surface area contributed by atoms with Crippen molar-refractivity contribution in [3.05, 3.63) is 48.1 Å². The monoisotopic (exact) mass is 214 g/mol. The van der Waals surface area contributed by atoms with Gasteiger partial charge in [0.25, 0.3) is 0 Å². The smallest absolute Gasteiger partial charge is 0.128 e. The van der Waals surface area contributed by atoms with Crippen LogP contribution in [0.15, 0.2) is 36.9 Å². The first-order valence-corrected chi connectivity index (χ1v) is 5.65. The van der Waals surface area contributed by atoms with Crippen molar-refractivity contribution in [2.45, 2.75) is 32.8 Å². The SMILES string of the molecule is C=CCc1cccc2c1C(C)=CC(C)(C)O2. The zero-order valence-corrected chi connectivity index (χ0v) is 10.2. The van der Waals surface area contributed by atoms with Crippen LogP contribution in [0.25, 0.3) is 5.57 Å². The van der Waals surface area contributed by atoms with Crippen LogP contribution in [0.3, 0.4) is 0 Å². The summed E-state index contributed by atoms with van der Waals surface area (Å²) in [5, 5.41) is 0. The fourth-order valence-electron chi connectivity index (χ4n) is 2.34. The average Bonchev–Trinajstić information content (AvgIpc) is 2.15. The summed E-state index contributed by atoms with van der Waals surface area (Å²) in [6.45, 7) is 10.1. The summed E-state index contributed by atoms with van der Waals surface area (Å²) in [5.41, 5.74) is 3.62. The minimum atomic E-state index is -0.204. The molecule has 0 atom stereocenters. The lowest BCUT2D eigenvalue weighted by Gasteiger charge is -2.31. The summed E-state index contributed by atoms with van der Waals surface area (Å²) in [6, 6.07) is 6.23. The first-order valence-electron chi connectivity index (χ1n) is 5.65. The molecule has 1 aromatic carbocycles. The molecule has 84 valence electrons. The number of hydrogen-bond acceptors (Lipinski definition) is 1. The maximum absolute atomic E-state index is 5.97. The zero-order valence-electron chi connectivity index (χ0n) is 10.2. The van der Waals surface area contributed by atoms with Crippen molar-refractivity contribution in [1.82, 2.24) is 0 Å². The predicted molar refractivity (Wildman–Crippen MR) is 68.7 cm³/mol. The van der Waals surface area contributed by atoms with Crippen molar-refractivity contribution >= 4 is 5.57 Å².